The highest BCUT2D eigenvalue weighted by molar-refractivity contribution is 5.73. The summed E-state index contributed by atoms with van der Waals surface area (Å²) < 4.78 is 9.23. The summed E-state index contributed by atoms with van der Waals surface area (Å²) in [6.45, 7) is 3.87. The van der Waals surface area contributed by atoms with Gasteiger partial charge in [0.25, 0.3) is 6.29 Å². The van der Waals surface area contributed by atoms with Crippen LogP contribution < -0.4 is 0 Å². The Morgan fingerprint density at radius 3 is 1.79 bits per heavy atom. The van der Waals surface area contributed by atoms with Gasteiger partial charge in [-0.15, -0.1) is 0 Å². The van der Waals surface area contributed by atoms with Crippen molar-refractivity contribution in [3.63, 3.8) is 0 Å². The first-order chi connectivity index (χ1) is 6.45. The SMILES string of the molecule is CC(=O)OC(C=C(C)C=O)OC(C)=O. The topological polar surface area (TPSA) is 69.7 Å². The van der Waals surface area contributed by atoms with Gasteiger partial charge in [0.2, 0.25) is 0 Å². The van der Waals surface area contributed by atoms with E-state index in [1.165, 1.54) is 26.8 Å². The molecule has 0 spiro atoms. The minimum absolute atomic E-state index is 0.317. The van der Waals surface area contributed by atoms with Gasteiger partial charge in [-0.25, -0.2) is 0 Å². The third kappa shape index (κ3) is 5.93. The van der Waals surface area contributed by atoms with Gasteiger partial charge in [0.1, 0.15) is 6.29 Å². The first kappa shape index (κ1) is 12.3. The van der Waals surface area contributed by atoms with E-state index in [2.05, 4.69) is 9.47 Å². The van der Waals surface area contributed by atoms with Crippen LogP contribution >= 0.6 is 0 Å². The fraction of sp³-hybridized carbons (Fsp3) is 0.444. The van der Waals surface area contributed by atoms with Crippen molar-refractivity contribution in [1.82, 2.24) is 0 Å². The molecule has 78 valence electrons. The lowest BCUT2D eigenvalue weighted by molar-refractivity contribution is -0.176. The Balaban J connectivity index is 4.46. The van der Waals surface area contributed by atoms with Crippen LogP contribution in [0.15, 0.2) is 11.6 Å². The van der Waals surface area contributed by atoms with Crippen molar-refractivity contribution in [2.45, 2.75) is 27.1 Å². The average Bonchev–Trinajstić information content (AvgIpc) is 2.01. The third-order valence-corrected chi connectivity index (χ3v) is 1.15. The van der Waals surface area contributed by atoms with Gasteiger partial charge in [0, 0.05) is 19.9 Å². The lowest BCUT2D eigenvalue weighted by Gasteiger charge is -2.12. The van der Waals surface area contributed by atoms with Crippen molar-refractivity contribution in [3.05, 3.63) is 11.6 Å². The standard InChI is InChI=1S/C9H12O5/c1-6(5-10)4-9(13-7(2)11)14-8(3)12/h4-5,9H,1-3H3. The highest BCUT2D eigenvalue weighted by Crippen LogP contribution is 2.01. The second-order valence-corrected chi connectivity index (χ2v) is 2.62. The monoisotopic (exact) mass is 200 g/mol. The number of allylic oxidation sites excluding steroid dienone is 1. The second-order valence-electron chi connectivity index (χ2n) is 2.62. The second kappa shape index (κ2) is 5.90. The minimum atomic E-state index is -1.13. The van der Waals surface area contributed by atoms with Gasteiger partial charge in [0.15, 0.2) is 0 Å². The number of carbonyl (C=O) groups excluding carboxylic acids is 3. The quantitative estimate of drug-likeness (QED) is 0.287. The molecule has 0 rings (SSSR count). The molecule has 0 amide bonds. The fourth-order valence-electron chi connectivity index (χ4n) is 0.673. The average molecular weight is 200 g/mol. The van der Waals surface area contributed by atoms with E-state index in [-0.39, 0.29) is 0 Å². The largest absolute Gasteiger partial charge is 0.421 e. The molecular weight excluding hydrogens is 188 g/mol. The Morgan fingerprint density at radius 2 is 1.50 bits per heavy atom. The van der Waals surface area contributed by atoms with Crippen molar-refractivity contribution in [1.29, 1.82) is 0 Å². The van der Waals surface area contributed by atoms with Gasteiger partial charge < -0.3 is 9.47 Å². The predicted molar refractivity (Wildman–Crippen MR) is 47.1 cm³/mol. The van der Waals surface area contributed by atoms with Crippen LogP contribution in [0.3, 0.4) is 0 Å². The Labute approximate surface area is 81.7 Å². The van der Waals surface area contributed by atoms with Crippen molar-refractivity contribution >= 4 is 18.2 Å². The molecule has 14 heavy (non-hydrogen) atoms. The molecule has 5 nitrogen and oxygen atoms in total. The number of aldehydes is 1. The van der Waals surface area contributed by atoms with Crippen molar-refractivity contribution in [3.8, 4) is 0 Å². The van der Waals surface area contributed by atoms with Gasteiger partial charge in [-0.2, -0.15) is 0 Å². The number of hydrogen-bond donors (Lipinski definition) is 0. The van der Waals surface area contributed by atoms with Crippen molar-refractivity contribution in [2.24, 2.45) is 0 Å². The molecule has 0 aromatic heterocycles. The van der Waals surface area contributed by atoms with E-state index in [1.54, 1.807) is 0 Å². The summed E-state index contributed by atoms with van der Waals surface area (Å²) in [6.07, 6.45) is 0.686. The normalized spacial score (nSPS) is 11.0. The Kier molecular flexibility index (Phi) is 5.21. The van der Waals surface area contributed by atoms with E-state index in [0.717, 1.165) is 0 Å². The summed E-state index contributed by atoms with van der Waals surface area (Å²) in [5.41, 5.74) is 0.317. The maximum Gasteiger partial charge on any atom is 0.305 e. The maximum absolute atomic E-state index is 10.6. The summed E-state index contributed by atoms with van der Waals surface area (Å²) >= 11 is 0. The molecule has 0 N–H and O–H groups in total. The van der Waals surface area contributed by atoms with Crippen LogP contribution in [0.4, 0.5) is 0 Å². The summed E-state index contributed by atoms with van der Waals surface area (Å²) in [4.78, 5) is 31.4. The van der Waals surface area contributed by atoms with Crippen LogP contribution in [0.5, 0.6) is 0 Å². The minimum Gasteiger partial charge on any atom is -0.421 e. The first-order valence-electron chi connectivity index (χ1n) is 3.93. The number of ether oxygens (including phenoxy) is 2. The molecule has 0 fully saturated rings. The lowest BCUT2D eigenvalue weighted by atomic mass is 10.3. The van der Waals surface area contributed by atoms with E-state index in [4.69, 9.17) is 0 Å². The van der Waals surface area contributed by atoms with Crippen molar-refractivity contribution < 1.29 is 23.9 Å². The smallest absolute Gasteiger partial charge is 0.305 e. The van der Waals surface area contributed by atoms with Gasteiger partial charge in [-0.05, 0) is 12.5 Å². The van der Waals surface area contributed by atoms with E-state index in [9.17, 15) is 14.4 Å². The van der Waals surface area contributed by atoms with Crippen LogP contribution in [0.2, 0.25) is 0 Å². The van der Waals surface area contributed by atoms with Gasteiger partial charge in [0.05, 0.1) is 0 Å². The zero-order valence-corrected chi connectivity index (χ0v) is 8.27. The Bertz CT molecular complexity index is 250. The lowest BCUT2D eigenvalue weighted by Crippen LogP contribution is -2.20. The van der Waals surface area contributed by atoms with Crippen LogP contribution in [0.25, 0.3) is 0 Å². The van der Waals surface area contributed by atoms with Crippen LogP contribution in [0.1, 0.15) is 20.8 Å². The van der Waals surface area contributed by atoms with E-state index in [1.807, 2.05) is 0 Å². The van der Waals surface area contributed by atoms with E-state index < -0.39 is 18.2 Å². The predicted octanol–water partition coefficient (Wildman–Crippen LogP) is 0.584. The molecule has 0 aromatic carbocycles. The molecule has 0 aliphatic heterocycles. The summed E-state index contributed by atoms with van der Waals surface area (Å²) in [5, 5.41) is 0. The molecule has 0 unspecified atom stereocenters. The highest BCUT2D eigenvalue weighted by atomic mass is 16.7. The summed E-state index contributed by atoms with van der Waals surface area (Å²) in [5.74, 6) is -1.18. The number of rotatable bonds is 4. The van der Waals surface area contributed by atoms with Gasteiger partial charge in [-0.1, -0.05) is 0 Å². The first-order valence-corrected chi connectivity index (χ1v) is 3.93. The number of carbonyl (C=O) groups is 3. The molecule has 0 heterocycles. The highest BCUT2D eigenvalue weighted by Gasteiger charge is 2.11. The molecule has 0 radical (unpaired) electrons. The molecule has 5 heteroatoms. The zero-order chi connectivity index (χ0) is 11.1. The van der Waals surface area contributed by atoms with Crippen LogP contribution in [-0.2, 0) is 23.9 Å². The van der Waals surface area contributed by atoms with Gasteiger partial charge in [-0.3, -0.25) is 14.4 Å². The molecule has 0 aliphatic carbocycles. The fourth-order valence-corrected chi connectivity index (χ4v) is 0.673. The van der Waals surface area contributed by atoms with Gasteiger partial charge >= 0.3 is 11.9 Å². The Hall–Kier alpha value is -1.65. The Morgan fingerprint density at radius 1 is 1.07 bits per heavy atom. The van der Waals surface area contributed by atoms with Crippen LogP contribution in [0, 0.1) is 0 Å². The zero-order valence-electron chi connectivity index (χ0n) is 8.27. The molecule has 0 saturated carbocycles. The molecule has 0 bridgehead atoms. The summed E-state index contributed by atoms with van der Waals surface area (Å²) in [7, 11) is 0. The van der Waals surface area contributed by atoms with E-state index in [0.29, 0.717) is 11.9 Å². The summed E-state index contributed by atoms with van der Waals surface area (Å²) in [6, 6.07) is 0. The maximum atomic E-state index is 10.6. The number of esters is 2. The molecule has 0 aliphatic rings. The van der Waals surface area contributed by atoms with E-state index >= 15 is 0 Å². The van der Waals surface area contributed by atoms with Crippen LogP contribution in [-0.4, -0.2) is 24.5 Å². The molecule has 0 aromatic rings. The molecule has 0 saturated heterocycles. The number of hydrogen-bond acceptors (Lipinski definition) is 5. The third-order valence-electron chi connectivity index (χ3n) is 1.15. The van der Waals surface area contributed by atoms with Crippen molar-refractivity contribution in [2.75, 3.05) is 0 Å². The molecule has 0 atom stereocenters. The molecular formula is C9H12O5.